The van der Waals surface area contributed by atoms with Crippen LogP contribution in [0.15, 0.2) is 65.7 Å². The van der Waals surface area contributed by atoms with E-state index in [0.29, 0.717) is 27.4 Å². The van der Waals surface area contributed by atoms with Gasteiger partial charge < -0.3 is 5.11 Å². The van der Waals surface area contributed by atoms with Crippen molar-refractivity contribution in [1.82, 2.24) is 0 Å². The molecular weight excluding hydrogens is 346 g/mol. The summed E-state index contributed by atoms with van der Waals surface area (Å²) in [6, 6.07) is 17.8. The van der Waals surface area contributed by atoms with Crippen LogP contribution in [0.4, 0.5) is 5.69 Å². The van der Waals surface area contributed by atoms with Crippen LogP contribution in [-0.4, -0.2) is 17.1 Å². The number of rotatable bonds is 4. The lowest BCUT2D eigenvalue weighted by atomic mass is 10.0. The molecule has 130 valence electrons. The molecule has 0 amide bonds. The standard InChI is InChI=1S/C22H18ClNO2/c1-14-12-20(25)19(15(2)21(14)23)13-24-18-10-8-17(9-11-18)22(26)16-6-4-3-5-7-16/h3-13,25H,1-2H3. The fraction of sp³-hybridized carbons (Fsp3) is 0.0909. The predicted molar refractivity (Wildman–Crippen MR) is 106 cm³/mol. The third-order valence-corrected chi connectivity index (χ3v) is 4.80. The highest BCUT2D eigenvalue weighted by atomic mass is 35.5. The molecule has 0 unspecified atom stereocenters. The number of aliphatic imine (C=N–C) groups is 1. The van der Waals surface area contributed by atoms with Gasteiger partial charge in [0.1, 0.15) is 5.75 Å². The van der Waals surface area contributed by atoms with Gasteiger partial charge in [-0.15, -0.1) is 0 Å². The molecule has 0 bridgehead atoms. The first-order valence-electron chi connectivity index (χ1n) is 8.20. The van der Waals surface area contributed by atoms with Crippen LogP contribution in [0.1, 0.15) is 32.6 Å². The van der Waals surface area contributed by atoms with Crippen molar-refractivity contribution in [2.45, 2.75) is 13.8 Å². The molecule has 3 aromatic rings. The molecule has 0 atom stereocenters. The summed E-state index contributed by atoms with van der Waals surface area (Å²) < 4.78 is 0. The number of phenols is 1. The summed E-state index contributed by atoms with van der Waals surface area (Å²) in [5, 5.41) is 10.7. The molecule has 0 aliphatic heterocycles. The van der Waals surface area contributed by atoms with Gasteiger partial charge in [0.15, 0.2) is 5.78 Å². The first kappa shape index (κ1) is 17.9. The third-order valence-electron chi connectivity index (χ3n) is 4.22. The largest absolute Gasteiger partial charge is 0.507 e. The molecule has 0 aromatic heterocycles. The van der Waals surface area contributed by atoms with Crippen molar-refractivity contribution in [1.29, 1.82) is 0 Å². The van der Waals surface area contributed by atoms with E-state index in [9.17, 15) is 9.90 Å². The average Bonchev–Trinajstić information content (AvgIpc) is 2.67. The van der Waals surface area contributed by atoms with Crippen molar-refractivity contribution in [3.63, 3.8) is 0 Å². The summed E-state index contributed by atoms with van der Waals surface area (Å²) in [5.74, 6) is 0.115. The predicted octanol–water partition coefficient (Wildman–Crippen LogP) is 5.64. The molecule has 1 N–H and O–H groups in total. The van der Waals surface area contributed by atoms with E-state index < -0.39 is 0 Å². The van der Waals surface area contributed by atoms with Crippen LogP contribution in [0.3, 0.4) is 0 Å². The Morgan fingerprint density at radius 1 is 1.00 bits per heavy atom. The van der Waals surface area contributed by atoms with E-state index in [4.69, 9.17) is 11.6 Å². The highest BCUT2D eigenvalue weighted by molar-refractivity contribution is 6.32. The lowest BCUT2D eigenvalue weighted by Crippen LogP contribution is -2.00. The summed E-state index contributed by atoms with van der Waals surface area (Å²) in [7, 11) is 0. The van der Waals surface area contributed by atoms with E-state index in [-0.39, 0.29) is 11.5 Å². The van der Waals surface area contributed by atoms with E-state index >= 15 is 0 Å². The van der Waals surface area contributed by atoms with Crippen molar-refractivity contribution >= 4 is 29.3 Å². The zero-order valence-corrected chi connectivity index (χ0v) is 15.3. The molecule has 0 heterocycles. The SMILES string of the molecule is Cc1cc(O)c(C=Nc2ccc(C(=O)c3ccccc3)cc2)c(C)c1Cl. The monoisotopic (exact) mass is 363 g/mol. The number of nitrogens with zero attached hydrogens (tertiary/aromatic N) is 1. The van der Waals surface area contributed by atoms with Gasteiger partial charge in [0.25, 0.3) is 0 Å². The average molecular weight is 364 g/mol. The van der Waals surface area contributed by atoms with Crippen LogP contribution in [0.5, 0.6) is 5.75 Å². The molecule has 3 nitrogen and oxygen atoms in total. The Morgan fingerprint density at radius 2 is 1.62 bits per heavy atom. The number of hydrogen-bond acceptors (Lipinski definition) is 3. The van der Waals surface area contributed by atoms with E-state index in [2.05, 4.69) is 4.99 Å². The molecule has 3 aromatic carbocycles. The van der Waals surface area contributed by atoms with Crippen LogP contribution in [0.25, 0.3) is 0 Å². The number of aryl methyl sites for hydroxylation is 1. The Bertz CT molecular complexity index is 977. The molecule has 0 spiro atoms. The summed E-state index contributed by atoms with van der Waals surface area (Å²) in [4.78, 5) is 16.8. The summed E-state index contributed by atoms with van der Waals surface area (Å²) in [6.07, 6.45) is 1.59. The Morgan fingerprint density at radius 3 is 2.27 bits per heavy atom. The zero-order chi connectivity index (χ0) is 18.7. The van der Waals surface area contributed by atoms with Crippen LogP contribution in [-0.2, 0) is 0 Å². The van der Waals surface area contributed by atoms with Gasteiger partial charge in [-0.2, -0.15) is 0 Å². The van der Waals surface area contributed by atoms with Crippen LogP contribution < -0.4 is 0 Å². The molecule has 4 heteroatoms. The topological polar surface area (TPSA) is 49.7 Å². The lowest BCUT2D eigenvalue weighted by molar-refractivity contribution is 0.103. The highest BCUT2D eigenvalue weighted by Gasteiger charge is 2.10. The molecule has 0 fully saturated rings. The van der Waals surface area contributed by atoms with Crippen molar-refractivity contribution in [2.24, 2.45) is 4.99 Å². The smallest absolute Gasteiger partial charge is 0.193 e. The second kappa shape index (κ2) is 7.54. The van der Waals surface area contributed by atoms with Crippen molar-refractivity contribution in [3.05, 3.63) is 93.5 Å². The maximum Gasteiger partial charge on any atom is 0.193 e. The molecule has 3 rings (SSSR count). The maximum atomic E-state index is 12.4. The molecule has 0 saturated heterocycles. The van der Waals surface area contributed by atoms with Gasteiger partial charge in [-0.05, 0) is 55.3 Å². The van der Waals surface area contributed by atoms with Crippen LogP contribution in [0, 0.1) is 13.8 Å². The minimum atomic E-state index is -0.0278. The van der Waals surface area contributed by atoms with Crippen LogP contribution in [0.2, 0.25) is 5.02 Å². The van der Waals surface area contributed by atoms with Crippen molar-refractivity contribution < 1.29 is 9.90 Å². The Kier molecular flexibility index (Phi) is 5.19. The van der Waals surface area contributed by atoms with Gasteiger partial charge in [-0.3, -0.25) is 9.79 Å². The van der Waals surface area contributed by atoms with Gasteiger partial charge in [0.2, 0.25) is 0 Å². The fourth-order valence-electron chi connectivity index (χ4n) is 2.71. The summed E-state index contributed by atoms with van der Waals surface area (Å²) >= 11 is 6.24. The first-order valence-corrected chi connectivity index (χ1v) is 8.57. The van der Waals surface area contributed by atoms with Crippen LogP contribution >= 0.6 is 11.6 Å². The lowest BCUT2D eigenvalue weighted by Gasteiger charge is -2.08. The number of carbonyl (C=O) groups is 1. The van der Waals surface area contributed by atoms with E-state index in [0.717, 1.165) is 11.1 Å². The summed E-state index contributed by atoms with van der Waals surface area (Å²) in [5.41, 5.74) is 4.13. The normalized spacial score (nSPS) is 11.0. The van der Waals surface area contributed by atoms with E-state index in [1.165, 1.54) is 0 Å². The second-order valence-electron chi connectivity index (χ2n) is 6.07. The highest BCUT2D eigenvalue weighted by Crippen LogP contribution is 2.30. The number of benzene rings is 3. The van der Waals surface area contributed by atoms with Crippen molar-refractivity contribution in [3.8, 4) is 5.75 Å². The van der Waals surface area contributed by atoms with E-state index in [1.807, 2.05) is 32.0 Å². The molecule has 0 saturated carbocycles. The van der Waals surface area contributed by atoms with Crippen molar-refractivity contribution in [2.75, 3.05) is 0 Å². The Labute approximate surface area is 157 Å². The third kappa shape index (κ3) is 3.68. The van der Waals surface area contributed by atoms with Gasteiger partial charge in [0.05, 0.1) is 5.69 Å². The van der Waals surface area contributed by atoms with Gasteiger partial charge in [-0.1, -0.05) is 41.9 Å². The minimum Gasteiger partial charge on any atom is -0.507 e. The summed E-state index contributed by atoms with van der Waals surface area (Å²) in [6.45, 7) is 3.69. The number of halogens is 1. The van der Waals surface area contributed by atoms with Gasteiger partial charge in [-0.25, -0.2) is 0 Å². The number of aromatic hydroxyl groups is 1. The van der Waals surface area contributed by atoms with Gasteiger partial charge >= 0.3 is 0 Å². The molecule has 0 aliphatic carbocycles. The fourth-order valence-corrected chi connectivity index (χ4v) is 2.87. The number of phenolic OH excluding ortho intramolecular Hbond substituents is 1. The molecule has 0 radical (unpaired) electrons. The Balaban J connectivity index is 1.83. The number of ketones is 1. The van der Waals surface area contributed by atoms with Gasteiger partial charge in [0, 0.05) is 27.9 Å². The molecular formula is C22H18ClNO2. The number of carbonyl (C=O) groups excluding carboxylic acids is 1. The first-order chi connectivity index (χ1) is 12.5. The van der Waals surface area contributed by atoms with E-state index in [1.54, 1.807) is 48.7 Å². The minimum absolute atomic E-state index is 0.0278. The molecule has 26 heavy (non-hydrogen) atoms. The Hall–Kier alpha value is -2.91. The quantitative estimate of drug-likeness (QED) is 0.481. The second-order valence-corrected chi connectivity index (χ2v) is 6.44. The number of hydrogen-bond donors (Lipinski definition) is 1. The maximum absolute atomic E-state index is 12.4. The molecule has 0 aliphatic rings. The zero-order valence-electron chi connectivity index (χ0n) is 14.5.